The number of hydrogen-bond acceptors (Lipinski definition) is 15. The second-order valence-corrected chi connectivity index (χ2v) is 22.8. The topological polar surface area (TPSA) is 234 Å². The molecule has 2 saturated carbocycles. The predicted octanol–water partition coefficient (Wildman–Crippen LogP) is 6.79. The molecule has 22 heteroatoms. The first-order chi connectivity index (χ1) is 36.9. The number of aromatic nitrogens is 8. The predicted molar refractivity (Wildman–Crippen MR) is 289 cm³/mol. The number of carbonyl (C=O) groups excluding carboxylic acids is 5. The Morgan fingerprint density at radius 3 is 1.39 bits per heavy atom. The lowest BCUT2D eigenvalue weighted by Crippen LogP contribution is -2.57. The Morgan fingerprint density at radius 1 is 0.571 bits per heavy atom. The molecule has 2 aliphatic carbocycles. The molecule has 4 bridgehead atoms. The summed E-state index contributed by atoms with van der Waals surface area (Å²) in [5.41, 5.74) is 3.23. The van der Waals surface area contributed by atoms with E-state index < -0.39 is 5.60 Å². The van der Waals surface area contributed by atoms with Crippen molar-refractivity contribution in [3.8, 4) is 0 Å². The minimum atomic E-state index is -0.559. The van der Waals surface area contributed by atoms with E-state index in [0.29, 0.717) is 76.9 Å². The van der Waals surface area contributed by atoms with Crippen molar-refractivity contribution >= 4 is 75.3 Å². The minimum absolute atomic E-state index is 0.0246. The maximum atomic E-state index is 13.4. The van der Waals surface area contributed by atoms with Crippen LogP contribution in [0, 0.1) is 0 Å². The zero-order chi connectivity index (χ0) is 53.9. The fraction of sp³-hybridized carbons (Fsp3) is 0.509. The van der Waals surface area contributed by atoms with Gasteiger partial charge in [0.15, 0.2) is 0 Å². The molecule has 4 unspecified atom stereocenters. The van der Waals surface area contributed by atoms with Gasteiger partial charge in [0, 0.05) is 114 Å². The molecule has 0 aromatic carbocycles. The molecule has 4 aliphatic heterocycles. The van der Waals surface area contributed by atoms with E-state index >= 15 is 0 Å². The van der Waals surface area contributed by atoms with Crippen LogP contribution in [0.4, 0.5) is 28.3 Å². The van der Waals surface area contributed by atoms with Gasteiger partial charge in [-0.1, -0.05) is 0 Å². The number of nitrogens with zero attached hydrogens (tertiary/aromatic N) is 13. The summed E-state index contributed by atoms with van der Waals surface area (Å²) in [4.78, 5) is 101. The standard InChI is InChI=1S/C30H38N8O4.C25H30N8O2/c1-30(2,3)42-29(41)37-21-10-11-22(37)17-36(16-21)26(39)18-9-12-24(31-14-18)33-28-32-15-19-13-23(27(40)35(4)5)38(25(19)34-28)20-7-6-8-20;1-31(2)24(35)20-10-16-12-27-25(30-22(16)33(20)19-4-3-5-19)29-21-9-6-15(11-26-21)23(34)32-13-17-7-8-18(14-32)28-17/h9,12-15,20-22H,6-8,10-11,16-17H2,1-5H3,(H,31,32,33,34);6,9-12,17-19,28H,3-5,7-8,13-14H2,1-2H3,(H,26,27,29,30). The van der Waals surface area contributed by atoms with Crippen molar-refractivity contribution in [1.82, 2.24) is 68.9 Å². The zero-order valence-electron chi connectivity index (χ0n) is 44.9. The Kier molecular flexibility index (Phi) is 13.8. The average molecular weight is 1050 g/mol. The Bertz CT molecular complexity index is 3200. The highest BCUT2D eigenvalue weighted by Gasteiger charge is 2.46. The summed E-state index contributed by atoms with van der Waals surface area (Å²) < 4.78 is 9.71. The monoisotopic (exact) mass is 1050 g/mol. The van der Waals surface area contributed by atoms with Crippen LogP contribution in [0.25, 0.3) is 22.1 Å². The van der Waals surface area contributed by atoms with Crippen molar-refractivity contribution in [3.05, 3.63) is 83.7 Å². The molecule has 5 amide bonds. The number of piperazine rings is 2. The highest BCUT2D eigenvalue weighted by molar-refractivity contribution is 5.99. The van der Waals surface area contributed by atoms with Gasteiger partial charge in [-0.15, -0.1) is 0 Å². The highest BCUT2D eigenvalue weighted by atomic mass is 16.6. The van der Waals surface area contributed by atoms with Gasteiger partial charge in [-0.3, -0.25) is 24.1 Å². The maximum absolute atomic E-state index is 13.4. The van der Waals surface area contributed by atoms with Crippen molar-refractivity contribution in [2.75, 3.05) is 65.0 Å². The van der Waals surface area contributed by atoms with Crippen molar-refractivity contribution < 1.29 is 28.7 Å². The van der Waals surface area contributed by atoms with Crippen LogP contribution in [0.5, 0.6) is 0 Å². The molecule has 0 spiro atoms. The van der Waals surface area contributed by atoms with E-state index in [1.807, 2.05) is 52.2 Å². The van der Waals surface area contributed by atoms with Gasteiger partial charge in [-0.2, -0.15) is 9.97 Å². The number of pyridine rings is 2. The molecule has 4 atom stereocenters. The number of ether oxygens (including phenoxy) is 1. The van der Waals surface area contributed by atoms with Gasteiger partial charge in [0.1, 0.15) is 39.9 Å². The van der Waals surface area contributed by atoms with Crippen molar-refractivity contribution in [1.29, 1.82) is 0 Å². The summed E-state index contributed by atoms with van der Waals surface area (Å²) in [6.07, 6.45) is 16.7. The molecule has 22 nitrogen and oxygen atoms in total. The van der Waals surface area contributed by atoms with E-state index in [9.17, 15) is 24.0 Å². The molecule has 12 rings (SSSR count). The number of likely N-dealkylation sites (tertiary alicyclic amines) is 2. The van der Waals surface area contributed by atoms with Gasteiger partial charge >= 0.3 is 6.09 Å². The van der Waals surface area contributed by atoms with Crippen molar-refractivity contribution in [2.24, 2.45) is 0 Å². The Hall–Kier alpha value is -7.75. The second-order valence-electron chi connectivity index (χ2n) is 22.8. The zero-order valence-corrected chi connectivity index (χ0v) is 44.9. The number of carbonyl (C=O) groups is 5. The lowest BCUT2D eigenvalue weighted by molar-refractivity contribution is -0.00337. The normalized spacial score (nSPS) is 21.0. The van der Waals surface area contributed by atoms with Crippen molar-refractivity contribution in [3.63, 3.8) is 0 Å². The van der Waals surface area contributed by atoms with Crippen LogP contribution in [-0.4, -0.2) is 177 Å². The summed E-state index contributed by atoms with van der Waals surface area (Å²) in [7, 11) is 7.02. The third-order valence-corrected chi connectivity index (χ3v) is 15.7. The van der Waals surface area contributed by atoms with E-state index in [1.165, 1.54) is 0 Å². The molecule has 6 fully saturated rings. The molecule has 77 heavy (non-hydrogen) atoms. The Morgan fingerprint density at radius 2 is 1.01 bits per heavy atom. The fourth-order valence-electron chi connectivity index (χ4n) is 11.4. The number of amides is 5. The maximum Gasteiger partial charge on any atom is 0.410 e. The molecule has 10 heterocycles. The second kappa shape index (κ2) is 20.7. The third kappa shape index (κ3) is 10.5. The first-order valence-corrected chi connectivity index (χ1v) is 27.0. The summed E-state index contributed by atoms with van der Waals surface area (Å²) in [6, 6.07) is 12.0. The molecule has 404 valence electrons. The van der Waals surface area contributed by atoms with Crippen LogP contribution in [-0.2, 0) is 4.74 Å². The lowest BCUT2D eigenvalue weighted by atomic mass is 9.92. The minimum Gasteiger partial charge on any atom is -0.444 e. The number of fused-ring (bicyclic) bond motifs is 6. The molecule has 6 aromatic heterocycles. The summed E-state index contributed by atoms with van der Waals surface area (Å²) in [5.74, 6) is 1.66. The number of rotatable bonds is 10. The third-order valence-electron chi connectivity index (χ3n) is 15.7. The molecule has 3 N–H and O–H groups in total. The van der Waals surface area contributed by atoms with E-state index in [0.717, 1.165) is 93.7 Å². The van der Waals surface area contributed by atoms with Crippen LogP contribution in [0.3, 0.4) is 0 Å². The number of hydrogen-bond donors (Lipinski definition) is 3. The van der Waals surface area contributed by atoms with Gasteiger partial charge in [-0.25, -0.2) is 24.7 Å². The van der Waals surface area contributed by atoms with Gasteiger partial charge < -0.3 is 49.4 Å². The molecular formula is C55H68N16O6. The van der Waals surface area contributed by atoms with Crippen LogP contribution in [0.1, 0.15) is 139 Å². The number of nitrogens with one attached hydrogen (secondary N) is 3. The van der Waals surface area contributed by atoms with Crippen LogP contribution >= 0.6 is 0 Å². The first-order valence-electron chi connectivity index (χ1n) is 27.0. The summed E-state index contributed by atoms with van der Waals surface area (Å²) >= 11 is 0. The fourth-order valence-corrected chi connectivity index (χ4v) is 11.4. The van der Waals surface area contributed by atoms with E-state index in [4.69, 9.17) is 14.7 Å². The Balaban J connectivity index is 0.000000166. The average Bonchev–Trinajstić information content (AvgIpc) is 4.17. The summed E-state index contributed by atoms with van der Waals surface area (Å²) in [5, 5.41) is 11.5. The molecule has 0 radical (unpaired) electrons. The molecular weight excluding hydrogens is 981 g/mol. The van der Waals surface area contributed by atoms with Gasteiger partial charge in [0.2, 0.25) is 11.9 Å². The van der Waals surface area contributed by atoms with E-state index in [-0.39, 0.29) is 53.9 Å². The summed E-state index contributed by atoms with van der Waals surface area (Å²) in [6.45, 7) is 8.04. The molecule has 6 aliphatic rings. The Labute approximate surface area is 447 Å². The van der Waals surface area contributed by atoms with Crippen LogP contribution < -0.4 is 16.0 Å². The smallest absolute Gasteiger partial charge is 0.410 e. The SMILES string of the molecule is CN(C)C(=O)c1cc2cnc(Nc3ccc(C(=O)N4CC5CCC(C4)N5)cn3)nc2n1C1CCC1.CN(C)C(=O)c1cc2cnc(Nc3ccc(C(=O)N4CC5CCC(C4)N5C(=O)OC(C)(C)C)cn3)nc2n1C1CCC1. The number of anilines is 4. The largest absolute Gasteiger partial charge is 0.444 e. The molecule has 6 aromatic rings. The highest BCUT2D eigenvalue weighted by Crippen LogP contribution is 2.39. The molecule has 4 saturated heterocycles. The van der Waals surface area contributed by atoms with Gasteiger partial charge in [-0.05, 0) is 121 Å². The quantitative estimate of drug-likeness (QED) is 0.128. The van der Waals surface area contributed by atoms with Crippen LogP contribution in [0.15, 0.2) is 61.2 Å². The van der Waals surface area contributed by atoms with Gasteiger partial charge in [0.25, 0.3) is 23.6 Å². The lowest BCUT2D eigenvalue weighted by Gasteiger charge is -2.41. The van der Waals surface area contributed by atoms with Crippen molar-refractivity contribution in [2.45, 2.75) is 127 Å². The van der Waals surface area contributed by atoms with Gasteiger partial charge in [0.05, 0.1) is 23.2 Å². The van der Waals surface area contributed by atoms with Crippen LogP contribution in [0.2, 0.25) is 0 Å². The first kappa shape index (κ1) is 51.4. The van der Waals surface area contributed by atoms with E-state index in [1.54, 1.807) is 87.0 Å². The van der Waals surface area contributed by atoms with E-state index in [2.05, 4.69) is 40.5 Å².